The van der Waals surface area contributed by atoms with Crippen molar-refractivity contribution in [1.29, 1.82) is 0 Å². The topological polar surface area (TPSA) is 40.5 Å². The Morgan fingerprint density at radius 3 is 2.89 bits per heavy atom. The van der Waals surface area contributed by atoms with Crippen LogP contribution >= 0.6 is 0 Å². The number of anilines is 1. The van der Waals surface area contributed by atoms with Crippen LogP contribution in [0.5, 0.6) is 0 Å². The number of rotatable bonds is 2. The van der Waals surface area contributed by atoms with Gasteiger partial charge in [-0.3, -0.25) is 0 Å². The minimum atomic E-state index is -1.07. The summed E-state index contributed by atoms with van der Waals surface area (Å²) in [7, 11) is 0. The average molecular weight is 251 g/mol. The zero-order valence-electron chi connectivity index (χ0n) is 10.5. The van der Waals surface area contributed by atoms with Gasteiger partial charge >= 0.3 is 5.97 Å². The SMILES string of the molecule is CC1CCCN(c2c(F)cccc2C(=O)O)CC1. The molecule has 1 saturated heterocycles. The molecule has 1 N–H and O–H groups in total. The molecule has 4 heteroatoms. The number of hydrogen-bond donors (Lipinski definition) is 1. The number of para-hydroxylation sites is 1. The van der Waals surface area contributed by atoms with E-state index in [0.29, 0.717) is 5.92 Å². The van der Waals surface area contributed by atoms with E-state index in [1.165, 1.54) is 18.2 Å². The van der Waals surface area contributed by atoms with Gasteiger partial charge in [0, 0.05) is 13.1 Å². The average Bonchev–Trinajstić information content (AvgIpc) is 2.53. The van der Waals surface area contributed by atoms with Crippen molar-refractivity contribution in [3.63, 3.8) is 0 Å². The Labute approximate surface area is 106 Å². The summed E-state index contributed by atoms with van der Waals surface area (Å²) in [6, 6.07) is 4.24. The molecule has 0 aliphatic carbocycles. The summed E-state index contributed by atoms with van der Waals surface area (Å²) in [5, 5.41) is 9.15. The zero-order valence-corrected chi connectivity index (χ0v) is 10.5. The molecule has 1 fully saturated rings. The molecule has 98 valence electrons. The molecular weight excluding hydrogens is 233 g/mol. The summed E-state index contributed by atoms with van der Waals surface area (Å²) in [5.74, 6) is -0.888. The first-order valence-corrected chi connectivity index (χ1v) is 6.36. The predicted molar refractivity (Wildman–Crippen MR) is 68.6 cm³/mol. The highest BCUT2D eigenvalue weighted by Crippen LogP contribution is 2.28. The van der Waals surface area contributed by atoms with Crippen molar-refractivity contribution >= 4 is 11.7 Å². The van der Waals surface area contributed by atoms with E-state index in [1.54, 1.807) is 0 Å². The highest BCUT2D eigenvalue weighted by atomic mass is 19.1. The molecular formula is C14H18FNO2. The van der Waals surface area contributed by atoms with Crippen LogP contribution < -0.4 is 4.90 Å². The summed E-state index contributed by atoms with van der Waals surface area (Å²) in [6.45, 7) is 3.64. The monoisotopic (exact) mass is 251 g/mol. The van der Waals surface area contributed by atoms with Gasteiger partial charge in [-0.15, -0.1) is 0 Å². The third kappa shape index (κ3) is 2.63. The maximum atomic E-state index is 13.9. The molecule has 1 unspecified atom stereocenters. The Kier molecular flexibility index (Phi) is 3.84. The van der Waals surface area contributed by atoms with Crippen LogP contribution in [0, 0.1) is 11.7 Å². The van der Waals surface area contributed by atoms with Crippen LogP contribution in [-0.2, 0) is 0 Å². The molecule has 1 atom stereocenters. The van der Waals surface area contributed by atoms with Crippen LogP contribution in [0.1, 0.15) is 36.5 Å². The van der Waals surface area contributed by atoms with E-state index in [-0.39, 0.29) is 11.3 Å². The van der Waals surface area contributed by atoms with Gasteiger partial charge in [-0.1, -0.05) is 13.0 Å². The lowest BCUT2D eigenvalue weighted by Gasteiger charge is -2.24. The number of nitrogens with zero attached hydrogens (tertiary/aromatic N) is 1. The van der Waals surface area contributed by atoms with Crippen molar-refractivity contribution < 1.29 is 14.3 Å². The van der Waals surface area contributed by atoms with Crippen molar-refractivity contribution in [2.24, 2.45) is 5.92 Å². The highest BCUT2D eigenvalue weighted by Gasteiger charge is 2.22. The summed E-state index contributed by atoms with van der Waals surface area (Å²) < 4.78 is 13.9. The van der Waals surface area contributed by atoms with Gasteiger partial charge in [0.05, 0.1) is 11.3 Å². The van der Waals surface area contributed by atoms with E-state index in [0.717, 1.165) is 32.4 Å². The first kappa shape index (κ1) is 12.9. The highest BCUT2D eigenvalue weighted by molar-refractivity contribution is 5.94. The zero-order chi connectivity index (χ0) is 13.1. The molecule has 18 heavy (non-hydrogen) atoms. The molecule has 3 nitrogen and oxygen atoms in total. The molecule has 0 saturated carbocycles. The van der Waals surface area contributed by atoms with Crippen LogP contribution in [0.25, 0.3) is 0 Å². The third-order valence-corrected chi connectivity index (χ3v) is 3.55. The van der Waals surface area contributed by atoms with E-state index >= 15 is 0 Å². The molecule has 0 aromatic heterocycles. The van der Waals surface area contributed by atoms with Gasteiger partial charge in [-0.25, -0.2) is 9.18 Å². The van der Waals surface area contributed by atoms with Crippen molar-refractivity contribution in [2.75, 3.05) is 18.0 Å². The van der Waals surface area contributed by atoms with Crippen LogP contribution in [0.15, 0.2) is 18.2 Å². The van der Waals surface area contributed by atoms with E-state index in [2.05, 4.69) is 6.92 Å². The molecule has 2 rings (SSSR count). The molecule has 0 spiro atoms. The second-order valence-electron chi connectivity index (χ2n) is 4.96. The van der Waals surface area contributed by atoms with Gasteiger partial charge < -0.3 is 10.0 Å². The van der Waals surface area contributed by atoms with Gasteiger partial charge in [0.2, 0.25) is 0 Å². The van der Waals surface area contributed by atoms with Crippen LogP contribution in [0.3, 0.4) is 0 Å². The molecule has 0 bridgehead atoms. The predicted octanol–water partition coefficient (Wildman–Crippen LogP) is 3.15. The smallest absolute Gasteiger partial charge is 0.337 e. The Morgan fingerprint density at radius 2 is 2.17 bits per heavy atom. The van der Waals surface area contributed by atoms with Gasteiger partial charge in [-0.05, 0) is 37.3 Å². The Balaban J connectivity index is 2.34. The number of carbonyl (C=O) groups is 1. The fraction of sp³-hybridized carbons (Fsp3) is 0.500. The number of carboxylic acid groups (broad SMARTS) is 1. The normalized spacial score (nSPS) is 20.6. The lowest BCUT2D eigenvalue weighted by Crippen LogP contribution is -2.27. The van der Waals surface area contributed by atoms with E-state index in [9.17, 15) is 9.18 Å². The van der Waals surface area contributed by atoms with Crippen molar-refractivity contribution in [1.82, 2.24) is 0 Å². The Hall–Kier alpha value is -1.58. The number of carboxylic acids is 1. The summed E-state index contributed by atoms with van der Waals surface area (Å²) in [5.41, 5.74) is 0.309. The summed E-state index contributed by atoms with van der Waals surface area (Å²) >= 11 is 0. The second kappa shape index (κ2) is 5.38. The molecule has 0 radical (unpaired) electrons. The van der Waals surface area contributed by atoms with Crippen molar-refractivity contribution in [3.8, 4) is 0 Å². The standard InChI is InChI=1S/C14H18FNO2/c1-10-4-3-8-16(9-7-10)13-11(14(17)18)5-2-6-12(13)15/h2,5-6,10H,3-4,7-9H2,1H3,(H,17,18). The Bertz CT molecular complexity index is 447. The fourth-order valence-electron chi connectivity index (χ4n) is 2.50. The molecule has 1 aromatic rings. The second-order valence-corrected chi connectivity index (χ2v) is 4.96. The molecule has 1 aromatic carbocycles. The van der Waals surface area contributed by atoms with Gasteiger partial charge in [0.25, 0.3) is 0 Å². The maximum Gasteiger partial charge on any atom is 0.337 e. The largest absolute Gasteiger partial charge is 0.478 e. The first-order chi connectivity index (χ1) is 8.59. The van der Waals surface area contributed by atoms with Gasteiger partial charge in [-0.2, -0.15) is 0 Å². The number of aromatic carboxylic acids is 1. The quantitative estimate of drug-likeness (QED) is 0.877. The van der Waals surface area contributed by atoms with Crippen LogP contribution in [0.2, 0.25) is 0 Å². The lowest BCUT2D eigenvalue weighted by atomic mass is 10.0. The molecule has 1 heterocycles. The van der Waals surface area contributed by atoms with Gasteiger partial charge in [0.15, 0.2) is 0 Å². The molecule has 1 aliphatic heterocycles. The number of halogens is 1. The van der Waals surface area contributed by atoms with Gasteiger partial charge in [0.1, 0.15) is 5.82 Å². The summed E-state index contributed by atoms with van der Waals surface area (Å²) in [6.07, 6.45) is 3.08. The Morgan fingerprint density at radius 1 is 1.39 bits per heavy atom. The maximum absolute atomic E-state index is 13.9. The number of benzene rings is 1. The minimum Gasteiger partial charge on any atom is -0.478 e. The van der Waals surface area contributed by atoms with E-state index in [1.807, 2.05) is 4.90 Å². The number of hydrogen-bond acceptors (Lipinski definition) is 2. The van der Waals surface area contributed by atoms with Crippen LogP contribution in [0.4, 0.5) is 10.1 Å². The molecule has 0 amide bonds. The first-order valence-electron chi connectivity index (χ1n) is 6.36. The summed E-state index contributed by atoms with van der Waals surface area (Å²) in [4.78, 5) is 13.1. The fourth-order valence-corrected chi connectivity index (χ4v) is 2.50. The van der Waals surface area contributed by atoms with E-state index < -0.39 is 11.8 Å². The van der Waals surface area contributed by atoms with Crippen molar-refractivity contribution in [2.45, 2.75) is 26.2 Å². The lowest BCUT2D eigenvalue weighted by molar-refractivity contribution is 0.0697. The minimum absolute atomic E-state index is 0.0598. The van der Waals surface area contributed by atoms with Crippen LogP contribution in [-0.4, -0.2) is 24.2 Å². The third-order valence-electron chi connectivity index (χ3n) is 3.55. The van der Waals surface area contributed by atoms with Crippen molar-refractivity contribution in [3.05, 3.63) is 29.6 Å². The molecule has 1 aliphatic rings. The van der Waals surface area contributed by atoms with E-state index in [4.69, 9.17) is 5.11 Å².